The van der Waals surface area contributed by atoms with Crippen molar-refractivity contribution in [3.05, 3.63) is 60.8 Å². The third kappa shape index (κ3) is 48.3. The van der Waals surface area contributed by atoms with Crippen molar-refractivity contribution in [1.82, 2.24) is 0 Å². The normalized spacial score (nSPS) is 12.7. The van der Waals surface area contributed by atoms with Crippen LogP contribution in [0.3, 0.4) is 0 Å². The van der Waals surface area contributed by atoms with Crippen LogP contribution in [-0.4, -0.2) is 36.4 Å². The summed E-state index contributed by atoms with van der Waals surface area (Å²) in [5.74, 6) is -0.593. The molecular formula is C55H98O5. The van der Waals surface area contributed by atoms with Gasteiger partial charge in [-0.2, -0.15) is 0 Å². The SMILES string of the molecule is CC/C=C\C/C=C\C/C=C\C/C=C\CCCCCCCCCCCCCCCCCCCCCCC(=O)OC(CO)COC(=O)CCCCCCC/C=C\CCCCCC. The zero-order valence-corrected chi connectivity index (χ0v) is 39.7. The number of esters is 2. The molecule has 0 fully saturated rings. The molecular weight excluding hydrogens is 741 g/mol. The Bertz CT molecular complexity index is 1040. The minimum absolute atomic E-state index is 0.0680. The van der Waals surface area contributed by atoms with Gasteiger partial charge in [-0.1, -0.05) is 229 Å². The molecule has 0 heterocycles. The highest BCUT2D eigenvalue weighted by Crippen LogP contribution is 2.16. The molecule has 0 aromatic rings. The summed E-state index contributed by atoms with van der Waals surface area (Å²) in [5, 5.41) is 9.60. The molecule has 5 nitrogen and oxygen atoms in total. The number of hydrogen-bond acceptors (Lipinski definition) is 5. The smallest absolute Gasteiger partial charge is 0.306 e. The van der Waals surface area contributed by atoms with Crippen molar-refractivity contribution < 1.29 is 24.2 Å². The molecule has 1 N–H and O–H groups in total. The first-order valence-corrected chi connectivity index (χ1v) is 25.8. The number of unbranched alkanes of at least 4 members (excludes halogenated alkanes) is 29. The molecule has 0 aliphatic heterocycles. The van der Waals surface area contributed by atoms with Crippen LogP contribution in [0.4, 0.5) is 0 Å². The van der Waals surface area contributed by atoms with E-state index in [4.69, 9.17) is 9.47 Å². The average Bonchev–Trinajstić information content (AvgIpc) is 3.25. The molecule has 0 aromatic carbocycles. The van der Waals surface area contributed by atoms with Gasteiger partial charge in [0.1, 0.15) is 6.61 Å². The maximum absolute atomic E-state index is 12.3. The van der Waals surface area contributed by atoms with Gasteiger partial charge in [0.15, 0.2) is 6.10 Å². The number of rotatable bonds is 47. The van der Waals surface area contributed by atoms with E-state index in [-0.39, 0.29) is 25.2 Å². The monoisotopic (exact) mass is 839 g/mol. The second-order valence-corrected chi connectivity index (χ2v) is 17.2. The fourth-order valence-electron chi connectivity index (χ4n) is 7.42. The minimum atomic E-state index is -0.773. The van der Waals surface area contributed by atoms with Gasteiger partial charge in [-0.15, -0.1) is 0 Å². The Kier molecular flexibility index (Phi) is 48.9. The molecule has 0 amide bonds. The van der Waals surface area contributed by atoms with Crippen molar-refractivity contribution in [3.8, 4) is 0 Å². The number of aliphatic hydroxyl groups excluding tert-OH is 1. The number of aliphatic hydroxyl groups is 1. The molecule has 0 aromatic heterocycles. The maximum Gasteiger partial charge on any atom is 0.306 e. The van der Waals surface area contributed by atoms with Gasteiger partial charge in [0.2, 0.25) is 0 Å². The number of hydrogen-bond donors (Lipinski definition) is 1. The predicted molar refractivity (Wildman–Crippen MR) is 260 cm³/mol. The number of allylic oxidation sites excluding steroid dienone is 10. The minimum Gasteiger partial charge on any atom is -0.462 e. The highest BCUT2D eigenvalue weighted by molar-refractivity contribution is 5.70. The summed E-state index contributed by atoms with van der Waals surface area (Å²) in [7, 11) is 0. The Morgan fingerprint density at radius 1 is 0.400 bits per heavy atom. The van der Waals surface area contributed by atoms with E-state index in [1.807, 2.05) is 0 Å². The molecule has 0 saturated carbocycles. The number of carbonyl (C=O) groups excluding carboxylic acids is 2. The van der Waals surface area contributed by atoms with Crippen molar-refractivity contribution in [2.24, 2.45) is 0 Å². The van der Waals surface area contributed by atoms with E-state index in [1.54, 1.807) is 0 Å². The van der Waals surface area contributed by atoms with E-state index >= 15 is 0 Å². The van der Waals surface area contributed by atoms with Crippen LogP contribution in [0.5, 0.6) is 0 Å². The summed E-state index contributed by atoms with van der Waals surface area (Å²) in [5.41, 5.74) is 0. The lowest BCUT2D eigenvalue weighted by Crippen LogP contribution is -2.28. The van der Waals surface area contributed by atoms with Gasteiger partial charge < -0.3 is 14.6 Å². The Morgan fingerprint density at radius 3 is 1.10 bits per heavy atom. The Balaban J connectivity index is 3.43. The van der Waals surface area contributed by atoms with Crippen LogP contribution in [0.2, 0.25) is 0 Å². The second kappa shape index (κ2) is 51.0. The molecule has 0 aliphatic rings. The first-order valence-electron chi connectivity index (χ1n) is 25.8. The predicted octanol–water partition coefficient (Wildman–Crippen LogP) is 17.1. The summed E-state index contributed by atoms with van der Waals surface area (Å²) < 4.78 is 10.7. The lowest BCUT2D eigenvalue weighted by atomic mass is 10.0. The lowest BCUT2D eigenvalue weighted by molar-refractivity contribution is -0.161. The summed E-state index contributed by atoms with van der Waals surface area (Å²) in [6, 6.07) is 0. The van der Waals surface area contributed by atoms with Crippen molar-refractivity contribution in [3.63, 3.8) is 0 Å². The van der Waals surface area contributed by atoms with Crippen molar-refractivity contribution >= 4 is 11.9 Å². The molecule has 348 valence electrons. The van der Waals surface area contributed by atoms with Crippen LogP contribution in [-0.2, 0) is 19.1 Å². The van der Waals surface area contributed by atoms with E-state index in [0.717, 1.165) is 70.6 Å². The third-order valence-corrected chi connectivity index (χ3v) is 11.3. The molecule has 1 atom stereocenters. The van der Waals surface area contributed by atoms with Gasteiger partial charge in [0.05, 0.1) is 6.61 Å². The molecule has 1 unspecified atom stereocenters. The van der Waals surface area contributed by atoms with E-state index in [0.29, 0.717) is 12.8 Å². The first-order chi connectivity index (χ1) is 29.6. The zero-order valence-electron chi connectivity index (χ0n) is 39.7. The van der Waals surface area contributed by atoms with E-state index in [1.165, 1.54) is 161 Å². The van der Waals surface area contributed by atoms with Gasteiger partial charge in [-0.05, 0) is 77.0 Å². The zero-order chi connectivity index (χ0) is 43.5. The standard InChI is InChI=1S/C55H98O5/c1-3-5-7-9-11-13-15-17-18-19-20-21-22-23-24-25-26-27-28-29-30-31-32-33-34-35-36-38-40-42-44-46-48-50-55(58)60-53(51-56)52-59-54(57)49-47-45-43-41-39-37-16-14-12-10-8-6-4-2/h5,7,11,13-14,16-18,20-21,53,56H,3-4,6,8-10,12,15,19,22-52H2,1-2H3/b7-5-,13-11-,16-14-,18-17-,21-20-. The number of ether oxygens (including phenoxy) is 2. The van der Waals surface area contributed by atoms with Gasteiger partial charge in [-0.3, -0.25) is 9.59 Å². The third-order valence-electron chi connectivity index (χ3n) is 11.3. The molecule has 0 saturated heterocycles. The molecule has 0 bridgehead atoms. The Morgan fingerprint density at radius 2 is 0.717 bits per heavy atom. The largest absolute Gasteiger partial charge is 0.462 e. The lowest BCUT2D eigenvalue weighted by Gasteiger charge is -2.15. The summed E-state index contributed by atoms with van der Waals surface area (Å²) in [6.07, 6.45) is 67.6. The Labute approximate surface area is 372 Å². The van der Waals surface area contributed by atoms with E-state index in [9.17, 15) is 14.7 Å². The molecule has 0 rings (SSSR count). The quantitative estimate of drug-likeness (QED) is 0.0375. The molecule has 0 radical (unpaired) electrons. The molecule has 5 heteroatoms. The fourth-order valence-corrected chi connectivity index (χ4v) is 7.42. The van der Waals surface area contributed by atoms with Crippen LogP contribution in [0.15, 0.2) is 60.8 Å². The second-order valence-electron chi connectivity index (χ2n) is 17.2. The van der Waals surface area contributed by atoms with Crippen molar-refractivity contribution in [2.45, 2.75) is 264 Å². The van der Waals surface area contributed by atoms with Crippen LogP contribution in [0.25, 0.3) is 0 Å². The van der Waals surface area contributed by atoms with Gasteiger partial charge in [0.25, 0.3) is 0 Å². The van der Waals surface area contributed by atoms with E-state index in [2.05, 4.69) is 74.6 Å². The molecule has 60 heavy (non-hydrogen) atoms. The molecule has 0 spiro atoms. The Hall–Kier alpha value is -2.40. The summed E-state index contributed by atoms with van der Waals surface area (Å²) >= 11 is 0. The highest BCUT2D eigenvalue weighted by atomic mass is 16.6. The highest BCUT2D eigenvalue weighted by Gasteiger charge is 2.16. The van der Waals surface area contributed by atoms with Crippen LogP contribution < -0.4 is 0 Å². The molecule has 0 aliphatic carbocycles. The average molecular weight is 839 g/mol. The van der Waals surface area contributed by atoms with Crippen LogP contribution >= 0.6 is 0 Å². The summed E-state index contributed by atoms with van der Waals surface area (Å²) in [6.45, 7) is 4.02. The maximum atomic E-state index is 12.3. The van der Waals surface area contributed by atoms with E-state index < -0.39 is 6.10 Å². The van der Waals surface area contributed by atoms with Gasteiger partial charge >= 0.3 is 11.9 Å². The fraction of sp³-hybridized carbons (Fsp3) is 0.782. The van der Waals surface area contributed by atoms with Gasteiger partial charge in [0, 0.05) is 12.8 Å². The van der Waals surface area contributed by atoms with Gasteiger partial charge in [-0.25, -0.2) is 0 Å². The van der Waals surface area contributed by atoms with Crippen molar-refractivity contribution in [1.29, 1.82) is 0 Å². The number of carbonyl (C=O) groups is 2. The van der Waals surface area contributed by atoms with Crippen molar-refractivity contribution in [2.75, 3.05) is 13.2 Å². The van der Waals surface area contributed by atoms with Crippen LogP contribution in [0, 0.1) is 0 Å². The topological polar surface area (TPSA) is 72.8 Å². The van der Waals surface area contributed by atoms with Crippen LogP contribution in [0.1, 0.15) is 258 Å². The first kappa shape index (κ1) is 57.6. The summed E-state index contributed by atoms with van der Waals surface area (Å²) in [4.78, 5) is 24.4.